The summed E-state index contributed by atoms with van der Waals surface area (Å²) >= 11 is 0. The number of ether oxygens (including phenoxy) is 1. The summed E-state index contributed by atoms with van der Waals surface area (Å²) < 4.78 is 5.65. The van der Waals surface area contributed by atoms with Gasteiger partial charge >= 0.3 is 5.97 Å². The number of hydrogen-bond acceptors (Lipinski definition) is 2. The number of hydrogen-bond donors (Lipinski definition) is 0. The van der Waals surface area contributed by atoms with Crippen molar-refractivity contribution in [1.82, 2.24) is 0 Å². The summed E-state index contributed by atoms with van der Waals surface area (Å²) in [6, 6.07) is 0. The predicted octanol–water partition coefficient (Wildman–Crippen LogP) is 4.10. The first kappa shape index (κ1) is 13.6. The fraction of sp³-hybridized carbons (Fsp3) is 0.812. The Morgan fingerprint density at radius 2 is 2.06 bits per heavy atom. The number of esters is 1. The molecule has 2 rings (SSSR count). The van der Waals surface area contributed by atoms with Gasteiger partial charge in [0.1, 0.15) is 5.60 Å². The van der Waals surface area contributed by atoms with E-state index in [0.29, 0.717) is 0 Å². The minimum absolute atomic E-state index is 0.259. The maximum absolute atomic E-state index is 11.5. The molecule has 0 aromatic carbocycles. The van der Waals surface area contributed by atoms with Crippen molar-refractivity contribution >= 4 is 5.97 Å². The third-order valence-electron chi connectivity index (χ3n) is 4.89. The molecule has 0 aromatic rings. The van der Waals surface area contributed by atoms with Gasteiger partial charge in [-0.3, -0.25) is 0 Å². The van der Waals surface area contributed by atoms with Crippen LogP contribution in [0, 0.1) is 17.8 Å². The molecule has 2 heteroatoms. The molecule has 2 aliphatic rings. The molecule has 0 radical (unpaired) electrons. The van der Waals surface area contributed by atoms with Crippen molar-refractivity contribution in [2.45, 2.75) is 64.4 Å². The van der Waals surface area contributed by atoms with Gasteiger partial charge in [0.05, 0.1) is 0 Å². The van der Waals surface area contributed by atoms with Crippen LogP contribution in [0.25, 0.3) is 0 Å². The van der Waals surface area contributed by atoms with Crippen molar-refractivity contribution < 1.29 is 9.53 Å². The van der Waals surface area contributed by atoms with E-state index >= 15 is 0 Å². The first-order valence-corrected chi connectivity index (χ1v) is 7.38. The maximum atomic E-state index is 11.5. The Morgan fingerprint density at radius 3 is 2.78 bits per heavy atom. The van der Waals surface area contributed by atoms with E-state index in [-0.39, 0.29) is 11.6 Å². The smallest absolute Gasteiger partial charge is 0.330 e. The number of fused-ring (bicyclic) bond motifs is 2. The lowest BCUT2D eigenvalue weighted by Crippen LogP contribution is -2.42. The van der Waals surface area contributed by atoms with E-state index in [0.717, 1.165) is 30.6 Å². The summed E-state index contributed by atoms with van der Waals surface area (Å²) in [5, 5.41) is 0. The molecular weight excluding hydrogens is 224 g/mol. The van der Waals surface area contributed by atoms with Crippen molar-refractivity contribution in [2.75, 3.05) is 0 Å². The van der Waals surface area contributed by atoms with E-state index < -0.39 is 0 Å². The van der Waals surface area contributed by atoms with E-state index in [2.05, 4.69) is 20.4 Å². The van der Waals surface area contributed by atoms with Crippen LogP contribution in [0.2, 0.25) is 0 Å². The van der Waals surface area contributed by atoms with Crippen molar-refractivity contribution in [3.8, 4) is 0 Å². The first-order chi connectivity index (χ1) is 8.52. The molecule has 2 fully saturated rings. The average Bonchev–Trinajstić information content (AvgIpc) is 2.31. The van der Waals surface area contributed by atoms with Gasteiger partial charge in [-0.15, -0.1) is 0 Å². The van der Waals surface area contributed by atoms with Gasteiger partial charge in [-0.1, -0.05) is 39.2 Å². The second-order valence-corrected chi connectivity index (χ2v) is 6.61. The summed E-state index contributed by atoms with van der Waals surface area (Å²) in [4.78, 5) is 11.5. The summed E-state index contributed by atoms with van der Waals surface area (Å²) in [6.07, 6.45) is 10.1. The van der Waals surface area contributed by atoms with Crippen LogP contribution < -0.4 is 0 Å². The lowest BCUT2D eigenvalue weighted by Gasteiger charge is -2.45. The highest BCUT2D eigenvalue weighted by Crippen LogP contribution is 2.45. The molecule has 2 aliphatic carbocycles. The van der Waals surface area contributed by atoms with Crippen LogP contribution in [0.15, 0.2) is 12.7 Å². The summed E-state index contributed by atoms with van der Waals surface area (Å²) in [5.74, 6) is 1.98. The largest absolute Gasteiger partial charge is 0.456 e. The minimum Gasteiger partial charge on any atom is -0.456 e. The van der Waals surface area contributed by atoms with Gasteiger partial charge in [0.15, 0.2) is 0 Å². The van der Waals surface area contributed by atoms with Crippen LogP contribution in [0.4, 0.5) is 0 Å². The maximum Gasteiger partial charge on any atom is 0.330 e. The van der Waals surface area contributed by atoms with Gasteiger partial charge < -0.3 is 4.74 Å². The fourth-order valence-electron chi connectivity index (χ4n) is 4.00. The lowest BCUT2D eigenvalue weighted by molar-refractivity contribution is -0.160. The molecule has 102 valence electrons. The van der Waals surface area contributed by atoms with Crippen LogP contribution in [0.5, 0.6) is 0 Å². The summed E-state index contributed by atoms with van der Waals surface area (Å²) in [5.41, 5.74) is -0.259. The van der Waals surface area contributed by atoms with E-state index in [9.17, 15) is 4.79 Å². The summed E-state index contributed by atoms with van der Waals surface area (Å²) in [6.45, 7) is 7.99. The van der Waals surface area contributed by atoms with Gasteiger partial charge in [-0.05, 0) is 43.9 Å². The molecule has 0 saturated heterocycles. The molecule has 2 saturated carbocycles. The third-order valence-corrected chi connectivity index (χ3v) is 4.89. The standard InChI is InChI=1S/C16H26O2/c1-4-15(17)18-16(3)10-13-8-6-5-7-12(2)14(9-13)11-16/h4,12-14H,1,5-11H2,2-3H3. The molecular formula is C16H26O2. The zero-order valence-corrected chi connectivity index (χ0v) is 11.8. The van der Waals surface area contributed by atoms with Gasteiger partial charge in [0.25, 0.3) is 0 Å². The van der Waals surface area contributed by atoms with Crippen LogP contribution >= 0.6 is 0 Å². The number of carbonyl (C=O) groups excluding carboxylic acids is 1. The van der Waals surface area contributed by atoms with Gasteiger partial charge in [-0.25, -0.2) is 4.79 Å². The molecule has 4 atom stereocenters. The van der Waals surface area contributed by atoms with E-state index in [1.807, 2.05) is 0 Å². The molecule has 0 heterocycles. The second kappa shape index (κ2) is 5.46. The molecule has 0 aliphatic heterocycles. The van der Waals surface area contributed by atoms with Crippen LogP contribution in [0.1, 0.15) is 58.8 Å². The van der Waals surface area contributed by atoms with Crippen molar-refractivity contribution in [3.63, 3.8) is 0 Å². The molecule has 4 unspecified atom stereocenters. The van der Waals surface area contributed by atoms with E-state index in [1.54, 1.807) is 0 Å². The second-order valence-electron chi connectivity index (χ2n) is 6.61. The van der Waals surface area contributed by atoms with Crippen LogP contribution in [-0.2, 0) is 9.53 Å². The Kier molecular flexibility index (Phi) is 4.14. The Bertz CT molecular complexity index is 323. The Hall–Kier alpha value is -0.790. The molecule has 2 nitrogen and oxygen atoms in total. The molecule has 0 aromatic heterocycles. The topological polar surface area (TPSA) is 26.3 Å². The van der Waals surface area contributed by atoms with Crippen LogP contribution in [0.3, 0.4) is 0 Å². The minimum atomic E-state index is -0.262. The van der Waals surface area contributed by atoms with E-state index in [4.69, 9.17) is 4.74 Å². The molecule has 0 spiro atoms. The summed E-state index contributed by atoms with van der Waals surface area (Å²) in [7, 11) is 0. The highest BCUT2D eigenvalue weighted by molar-refractivity contribution is 5.81. The van der Waals surface area contributed by atoms with Crippen molar-refractivity contribution in [2.24, 2.45) is 17.8 Å². The third kappa shape index (κ3) is 3.15. The Labute approximate surface area is 111 Å². The zero-order chi connectivity index (χ0) is 13.2. The Morgan fingerprint density at radius 1 is 1.33 bits per heavy atom. The fourth-order valence-corrected chi connectivity index (χ4v) is 4.00. The van der Waals surface area contributed by atoms with Crippen LogP contribution in [-0.4, -0.2) is 11.6 Å². The normalized spacial score (nSPS) is 40.4. The monoisotopic (exact) mass is 250 g/mol. The molecule has 18 heavy (non-hydrogen) atoms. The van der Waals surface area contributed by atoms with Gasteiger partial charge in [0.2, 0.25) is 0 Å². The zero-order valence-electron chi connectivity index (χ0n) is 11.8. The Balaban J connectivity index is 2.09. The van der Waals surface area contributed by atoms with Gasteiger partial charge in [-0.2, -0.15) is 0 Å². The highest BCUT2D eigenvalue weighted by Gasteiger charge is 2.41. The van der Waals surface area contributed by atoms with Crippen molar-refractivity contribution in [3.05, 3.63) is 12.7 Å². The number of carbonyl (C=O) groups is 1. The molecule has 0 N–H and O–H groups in total. The predicted molar refractivity (Wildman–Crippen MR) is 73.2 cm³/mol. The van der Waals surface area contributed by atoms with Crippen molar-refractivity contribution in [1.29, 1.82) is 0 Å². The van der Waals surface area contributed by atoms with E-state index in [1.165, 1.54) is 38.2 Å². The lowest BCUT2D eigenvalue weighted by atomic mass is 9.65. The molecule has 0 amide bonds. The quantitative estimate of drug-likeness (QED) is 0.545. The number of rotatable bonds is 2. The highest BCUT2D eigenvalue weighted by atomic mass is 16.6. The SMILES string of the molecule is C=CC(=O)OC1(C)CC2CCCCC(C)C(C2)C1. The van der Waals surface area contributed by atoms with Gasteiger partial charge in [0, 0.05) is 6.08 Å². The molecule has 2 bridgehead atoms. The first-order valence-electron chi connectivity index (χ1n) is 7.38. The average molecular weight is 250 g/mol.